The van der Waals surface area contributed by atoms with Gasteiger partial charge in [-0.05, 0) is 25.7 Å². The molecule has 1 heterocycles. The monoisotopic (exact) mass is 357 g/mol. The van der Waals surface area contributed by atoms with E-state index in [9.17, 15) is 9.59 Å². The first-order chi connectivity index (χ1) is 11.1. The first-order valence-electron chi connectivity index (χ1n) is 7.89. The Labute approximate surface area is 144 Å². The standard InChI is InChI=1S/C14H23N5O2S2/c1-3-15-13-18-19-14(23-13)22-8-11(20)17-12(21)16-10-7-5-4-6-9(10)2/h9-10H,3-8H2,1-2H3,(H,15,18)(H2,16,17,20,21)/t9-,10-/m0/s1. The number of carbonyl (C=O) groups excluding carboxylic acids is 2. The van der Waals surface area contributed by atoms with Crippen molar-refractivity contribution in [2.75, 3.05) is 17.6 Å². The molecule has 1 saturated carbocycles. The molecule has 1 aliphatic carbocycles. The van der Waals surface area contributed by atoms with Gasteiger partial charge in [-0.25, -0.2) is 4.79 Å². The predicted octanol–water partition coefficient (Wildman–Crippen LogP) is 2.47. The molecule has 0 spiro atoms. The van der Waals surface area contributed by atoms with Crippen LogP contribution in [-0.4, -0.2) is 40.5 Å². The highest BCUT2D eigenvalue weighted by molar-refractivity contribution is 8.01. The molecular weight excluding hydrogens is 334 g/mol. The number of nitrogens with zero attached hydrogens (tertiary/aromatic N) is 2. The summed E-state index contributed by atoms with van der Waals surface area (Å²) >= 11 is 2.67. The Hall–Kier alpha value is -1.35. The lowest BCUT2D eigenvalue weighted by Gasteiger charge is -2.29. The Morgan fingerprint density at radius 3 is 2.83 bits per heavy atom. The van der Waals surface area contributed by atoms with E-state index in [1.165, 1.54) is 29.5 Å². The van der Waals surface area contributed by atoms with Crippen LogP contribution in [0.3, 0.4) is 0 Å². The summed E-state index contributed by atoms with van der Waals surface area (Å²) in [6.45, 7) is 4.89. The van der Waals surface area contributed by atoms with Gasteiger partial charge in [-0.15, -0.1) is 10.2 Å². The van der Waals surface area contributed by atoms with Crippen LogP contribution in [0, 0.1) is 5.92 Å². The molecule has 0 unspecified atom stereocenters. The van der Waals surface area contributed by atoms with Gasteiger partial charge in [-0.3, -0.25) is 10.1 Å². The van der Waals surface area contributed by atoms with Crippen LogP contribution in [0.2, 0.25) is 0 Å². The van der Waals surface area contributed by atoms with E-state index in [0.717, 1.165) is 30.9 Å². The van der Waals surface area contributed by atoms with Crippen LogP contribution in [0.4, 0.5) is 9.93 Å². The minimum atomic E-state index is -0.403. The maximum absolute atomic E-state index is 11.9. The van der Waals surface area contributed by atoms with E-state index in [1.807, 2.05) is 6.92 Å². The summed E-state index contributed by atoms with van der Waals surface area (Å²) < 4.78 is 0.706. The number of amides is 3. The minimum absolute atomic E-state index is 0.147. The molecule has 0 aliphatic heterocycles. The molecule has 3 amide bonds. The highest BCUT2D eigenvalue weighted by Crippen LogP contribution is 2.25. The van der Waals surface area contributed by atoms with Gasteiger partial charge in [0.2, 0.25) is 11.0 Å². The largest absolute Gasteiger partial charge is 0.360 e. The molecule has 9 heteroatoms. The van der Waals surface area contributed by atoms with Crippen molar-refractivity contribution in [3.05, 3.63) is 0 Å². The number of anilines is 1. The fourth-order valence-electron chi connectivity index (χ4n) is 2.52. The summed E-state index contributed by atoms with van der Waals surface area (Å²) in [4.78, 5) is 23.7. The van der Waals surface area contributed by atoms with Crippen molar-refractivity contribution < 1.29 is 9.59 Å². The molecular formula is C14H23N5O2S2. The van der Waals surface area contributed by atoms with Crippen molar-refractivity contribution in [2.24, 2.45) is 5.92 Å². The minimum Gasteiger partial charge on any atom is -0.360 e. The highest BCUT2D eigenvalue weighted by Gasteiger charge is 2.23. The van der Waals surface area contributed by atoms with Gasteiger partial charge in [0.05, 0.1) is 5.75 Å². The van der Waals surface area contributed by atoms with Crippen LogP contribution < -0.4 is 16.0 Å². The average Bonchev–Trinajstić information content (AvgIpc) is 2.96. The molecule has 128 valence electrons. The normalized spacial score (nSPS) is 20.8. The lowest BCUT2D eigenvalue weighted by Crippen LogP contribution is -2.48. The maximum atomic E-state index is 11.9. The van der Waals surface area contributed by atoms with Crippen molar-refractivity contribution in [3.63, 3.8) is 0 Å². The van der Waals surface area contributed by atoms with E-state index >= 15 is 0 Å². The number of nitrogens with one attached hydrogen (secondary N) is 3. The van der Waals surface area contributed by atoms with Crippen LogP contribution in [0.15, 0.2) is 4.34 Å². The second kappa shape index (κ2) is 9.07. The Morgan fingerprint density at radius 1 is 1.30 bits per heavy atom. The summed E-state index contributed by atoms with van der Waals surface area (Å²) in [5.74, 6) is 0.287. The van der Waals surface area contributed by atoms with Gasteiger partial charge in [0.15, 0.2) is 4.34 Å². The molecule has 2 atom stereocenters. The van der Waals surface area contributed by atoms with Crippen LogP contribution in [0.25, 0.3) is 0 Å². The Bertz CT molecular complexity index is 537. The van der Waals surface area contributed by atoms with E-state index in [2.05, 4.69) is 33.1 Å². The van der Waals surface area contributed by atoms with Crippen molar-refractivity contribution in [3.8, 4) is 0 Å². The Balaban J connectivity index is 1.70. The zero-order valence-electron chi connectivity index (χ0n) is 13.4. The molecule has 0 aromatic carbocycles. The zero-order chi connectivity index (χ0) is 16.7. The molecule has 2 rings (SSSR count). The highest BCUT2D eigenvalue weighted by atomic mass is 32.2. The average molecular weight is 358 g/mol. The van der Waals surface area contributed by atoms with E-state index in [1.54, 1.807) is 0 Å². The molecule has 23 heavy (non-hydrogen) atoms. The lowest BCUT2D eigenvalue weighted by molar-refractivity contribution is -0.117. The first kappa shape index (κ1) is 18.0. The SMILES string of the molecule is CCNc1nnc(SCC(=O)NC(=O)N[C@H]2CCCC[C@@H]2C)s1. The number of aromatic nitrogens is 2. The third kappa shape index (κ3) is 5.98. The van der Waals surface area contributed by atoms with E-state index in [0.29, 0.717) is 10.3 Å². The lowest BCUT2D eigenvalue weighted by atomic mass is 9.86. The molecule has 0 radical (unpaired) electrons. The third-order valence-corrected chi connectivity index (χ3v) is 5.76. The Kier molecular flexibility index (Phi) is 7.10. The number of hydrogen-bond donors (Lipinski definition) is 3. The molecule has 1 aromatic rings. The van der Waals surface area contributed by atoms with Crippen LogP contribution in [0.1, 0.15) is 39.5 Å². The Morgan fingerprint density at radius 2 is 2.09 bits per heavy atom. The van der Waals surface area contributed by atoms with Gasteiger partial charge in [0.1, 0.15) is 0 Å². The first-order valence-corrected chi connectivity index (χ1v) is 9.69. The topological polar surface area (TPSA) is 96.0 Å². The van der Waals surface area contributed by atoms with Crippen LogP contribution in [0.5, 0.6) is 0 Å². The summed E-state index contributed by atoms with van der Waals surface area (Å²) in [6, 6.07) is -0.241. The number of carbonyl (C=O) groups is 2. The fourth-order valence-corrected chi connectivity index (χ4v) is 4.14. The molecule has 1 fully saturated rings. The third-order valence-electron chi connectivity index (χ3n) is 3.74. The quantitative estimate of drug-likeness (QED) is 0.677. The fraction of sp³-hybridized carbons (Fsp3) is 0.714. The van der Waals surface area contributed by atoms with Crippen LogP contribution >= 0.6 is 23.1 Å². The predicted molar refractivity (Wildman–Crippen MR) is 92.9 cm³/mol. The molecule has 0 bridgehead atoms. The molecule has 7 nitrogen and oxygen atoms in total. The summed E-state index contributed by atoms with van der Waals surface area (Å²) in [5.41, 5.74) is 0. The molecule has 1 aliphatic rings. The van der Waals surface area contributed by atoms with Gasteiger partial charge in [-0.2, -0.15) is 0 Å². The molecule has 3 N–H and O–H groups in total. The van der Waals surface area contributed by atoms with Gasteiger partial charge in [-0.1, -0.05) is 42.9 Å². The second-order valence-electron chi connectivity index (χ2n) is 5.58. The molecule has 0 saturated heterocycles. The second-order valence-corrected chi connectivity index (χ2v) is 7.78. The van der Waals surface area contributed by atoms with E-state index in [-0.39, 0.29) is 17.7 Å². The zero-order valence-corrected chi connectivity index (χ0v) is 15.1. The van der Waals surface area contributed by atoms with Gasteiger partial charge < -0.3 is 10.6 Å². The van der Waals surface area contributed by atoms with Crippen molar-refractivity contribution in [1.29, 1.82) is 0 Å². The number of rotatable bonds is 6. The summed E-state index contributed by atoms with van der Waals surface area (Å²) in [5, 5.41) is 17.0. The summed E-state index contributed by atoms with van der Waals surface area (Å²) in [7, 11) is 0. The van der Waals surface area contributed by atoms with Crippen molar-refractivity contribution >= 4 is 40.2 Å². The van der Waals surface area contributed by atoms with Crippen molar-refractivity contribution in [1.82, 2.24) is 20.8 Å². The maximum Gasteiger partial charge on any atom is 0.321 e. The number of imide groups is 1. The van der Waals surface area contributed by atoms with Gasteiger partial charge in [0, 0.05) is 12.6 Å². The number of urea groups is 1. The van der Waals surface area contributed by atoms with Crippen molar-refractivity contribution in [2.45, 2.75) is 49.9 Å². The van der Waals surface area contributed by atoms with E-state index in [4.69, 9.17) is 0 Å². The van der Waals surface area contributed by atoms with Gasteiger partial charge in [0.25, 0.3) is 0 Å². The van der Waals surface area contributed by atoms with Crippen LogP contribution in [-0.2, 0) is 4.79 Å². The summed E-state index contributed by atoms with van der Waals surface area (Å²) in [6.07, 6.45) is 4.45. The number of thioether (sulfide) groups is 1. The van der Waals surface area contributed by atoms with E-state index < -0.39 is 6.03 Å². The molecule has 1 aromatic heterocycles. The van der Waals surface area contributed by atoms with Gasteiger partial charge >= 0.3 is 6.03 Å². The smallest absolute Gasteiger partial charge is 0.321 e. The number of hydrogen-bond acceptors (Lipinski definition) is 7.